The standard InChI is InChI=1S/C26H37N3O2/c1-5-17-26(29-18-8-9-19-29,22-11-10-12-24(20-22)31-4)27-23-15-13-21(14-16-23)25(30)28(6-2)7-3/h10-16,20,27H,5-9,17-19H2,1-4H3. The van der Waals surface area contributed by atoms with Crippen molar-refractivity contribution in [3.8, 4) is 5.75 Å². The van der Waals surface area contributed by atoms with Gasteiger partial charge in [0.15, 0.2) is 0 Å². The summed E-state index contributed by atoms with van der Waals surface area (Å²) in [5.74, 6) is 0.961. The predicted molar refractivity (Wildman–Crippen MR) is 128 cm³/mol. The Hall–Kier alpha value is -2.53. The third-order valence-corrected chi connectivity index (χ3v) is 6.34. The van der Waals surface area contributed by atoms with Gasteiger partial charge in [-0.1, -0.05) is 25.5 Å². The number of hydrogen-bond donors (Lipinski definition) is 1. The number of hydrogen-bond acceptors (Lipinski definition) is 4. The predicted octanol–water partition coefficient (Wildman–Crippen LogP) is 5.34. The fourth-order valence-corrected chi connectivity index (χ4v) is 4.67. The molecule has 2 aromatic carbocycles. The average molecular weight is 424 g/mol. The Morgan fingerprint density at radius 2 is 1.74 bits per heavy atom. The summed E-state index contributed by atoms with van der Waals surface area (Å²) in [5, 5.41) is 3.87. The second-order valence-electron chi connectivity index (χ2n) is 8.22. The summed E-state index contributed by atoms with van der Waals surface area (Å²) in [5.41, 5.74) is 2.68. The molecule has 3 rings (SSSR count). The lowest BCUT2D eigenvalue weighted by atomic mass is 9.91. The van der Waals surface area contributed by atoms with Crippen LogP contribution in [-0.4, -0.2) is 49.0 Å². The Morgan fingerprint density at radius 1 is 1.06 bits per heavy atom. The van der Waals surface area contributed by atoms with E-state index in [-0.39, 0.29) is 11.6 Å². The number of benzene rings is 2. The second kappa shape index (κ2) is 10.7. The molecule has 1 atom stereocenters. The van der Waals surface area contributed by atoms with Crippen LogP contribution in [0.2, 0.25) is 0 Å². The van der Waals surface area contributed by atoms with Crippen LogP contribution in [0.25, 0.3) is 0 Å². The van der Waals surface area contributed by atoms with Crippen LogP contribution in [0.15, 0.2) is 48.5 Å². The lowest BCUT2D eigenvalue weighted by Gasteiger charge is -2.44. The van der Waals surface area contributed by atoms with Crippen LogP contribution in [0.3, 0.4) is 0 Å². The molecule has 0 saturated carbocycles. The zero-order valence-electron chi connectivity index (χ0n) is 19.5. The van der Waals surface area contributed by atoms with E-state index in [0.717, 1.165) is 56.0 Å². The molecule has 0 aliphatic carbocycles. The summed E-state index contributed by atoms with van der Waals surface area (Å²) in [6, 6.07) is 16.4. The van der Waals surface area contributed by atoms with Gasteiger partial charge in [-0.25, -0.2) is 0 Å². The zero-order valence-corrected chi connectivity index (χ0v) is 19.5. The molecule has 1 N–H and O–H groups in total. The summed E-state index contributed by atoms with van der Waals surface area (Å²) < 4.78 is 5.54. The Labute approximate surface area is 187 Å². The first-order valence-corrected chi connectivity index (χ1v) is 11.6. The monoisotopic (exact) mass is 423 g/mol. The van der Waals surface area contributed by atoms with E-state index >= 15 is 0 Å². The van der Waals surface area contributed by atoms with Crippen LogP contribution >= 0.6 is 0 Å². The first-order valence-electron chi connectivity index (χ1n) is 11.6. The lowest BCUT2D eigenvalue weighted by molar-refractivity contribution is 0.0773. The highest BCUT2D eigenvalue weighted by Gasteiger charge is 2.39. The van der Waals surface area contributed by atoms with Crippen molar-refractivity contribution in [3.05, 3.63) is 59.7 Å². The first-order chi connectivity index (χ1) is 15.1. The number of amides is 1. The van der Waals surface area contributed by atoms with Crippen molar-refractivity contribution in [1.82, 2.24) is 9.80 Å². The second-order valence-corrected chi connectivity index (χ2v) is 8.22. The van der Waals surface area contributed by atoms with E-state index in [2.05, 4.69) is 35.3 Å². The molecule has 1 heterocycles. The first kappa shape index (κ1) is 23.1. The van der Waals surface area contributed by atoms with Crippen molar-refractivity contribution >= 4 is 11.6 Å². The highest BCUT2D eigenvalue weighted by Crippen LogP contribution is 2.38. The fourth-order valence-electron chi connectivity index (χ4n) is 4.67. The number of anilines is 1. The van der Waals surface area contributed by atoms with Crippen molar-refractivity contribution in [2.75, 3.05) is 38.6 Å². The quantitative estimate of drug-likeness (QED) is 0.560. The molecule has 0 spiro atoms. The molecular weight excluding hydrogens is 386 g/mol. The van der Waals surface area contributed by atoms with Crippen LogP contribution in [0, 0.1) is 0 Å². The Kier molecular flexibility index (Phi) is 7.97. The third-order valence-electron chi connectivity index (χ3n) is 6.34. The van der Waals surface area contributed by atoms with E-state index in [9.17, 15) is 4.79 Å². The number of carbonyl (C=O) groups excluding carboxylic acids is 1. The molecule has 1 amide bonds. The minimum Gasteiger partial charge on any atom is -0.497 e. The molecule has 1 saturated heterocycles. The van der Waals surface area contributed by atoms with Crippen molar-refractivity contribution < 1.29 is 9.53 Å². The van der Waals surface area contributed by atoms with Crippen molar-refractivity contribution in [2.24, 2.45) is 0 Å². The van der Waals surface area contributed by atoms with E-state index in [0.29, 0.717) is 0 Å². The molecule has 0 radical (unpaired) electrons. The van der Waals surface area contributed by atoms with Crippen LogP contribution in [0.5, 0.6) is 5.75 Å². The minimum atomic E-state index is -0.301. The lowest BCUT2D eigenvalue weighted by Crippen LogP contribution is -2.50. The maximum Gasteiger partial charge on any atom is 0.253 e. The molecular formula is C26H37N3O2. The molecule has 1 aliphatic heterocycles. The molecule has 5 heteroatoms. The fraction of sp³-hybridized carbons (Fsp3) is 0.500. The van der Waals surface area contributed by atoms with Crippen LogP contribution in [0.4, 0.5) is 5.69 Å². The number of carbonyl (C=O) groups is 1. The SMILES string of the molecule is CCCC(Nc1ccc(C(=O)N(CC)CC)cc1)(c1cccc(OC)c1)N1CCCC1. The molecule has 31 heavy (non-hydrogen) atoms. The maximum atomic E-state index is 12.7. The molecule has 0 bridgehead atoms. The van der Waals surface area contributed by atoms with Gasteiger partial charge in [-0.05, 0) is 75.1 Å². The van der Waals surface area contributed by atoms with Gasteiger partial charge in [0.2, 0.25) is 0 Å². The smallest absolute Gasteiger partial charge is 0.253 e. The molecule has 168 valence electrons. The van der Waals surface area contributed by atoms with Crippen molar-refractivity contribution in [3.63, 3.8) is 0 Å². The largest absolute Gasteiger partial charge is 0.497 e. The van der Waals surface area contributed by atoms with E-state index in [1.54, 1.807) is 7.11 Å². The van der Waals surface area contributed by atoms with Gasteiger partial charge in [0.25, 0.3) is 5.91 Å². The normalized spacial score (nSPS) is 16.0. The molecule has 2 aromatic rings. The summed E-state index contributed by atoms with van der Waals surface area (Å²) in [7, 11) is 1.72. The highest BCUT2D eigenvalue weighted by molar-refractivity contribution is 5.94. The van der Waals surface area contributed by atoms with Crippen LogP contribution < -0.4 is 10.1 Å². The Bertz CT molecular complexity index is 842. The van der Waals surface area contributed by atoms with Gasteiger partial charge in [-0.3, -0.25) is 9.69 Å². The van der Waals surface area contributed by atoms with E-state index in [1.165, 1.54) is 18.4 Å². The Morgan fingerprint density at radius 3 is 2.32 bits per heavy atom. The van der Waals surface area contributed by atoms with Gasteiger partial charge in [-0.15, -0.1) is 0 Å². The van der Waals surface area contributed by atoms with E-state index in [1.807, 2.05) is 49.1 Å². The maximum absolute atomic E-state index is 12.7. The topological polar surface area (TPSA) is 44.8 Å². The third kappa shape index (κ3) is 5.04. The molecule has 1 aliphatic rings. The van der Waals surface area contributed by atoms with Crippen molar-refractivity contribution in [1.29, 1.82) is 0 Å². The van der Waals surface area contributed by atoms with E-state index < -0.39 is 0 Å². The van der Waals surface area contributed by atoms with Crippen LogP contribution in [-0.2, 0) is 5.66 Å². The average Bonchev–Trinajstić information content (AvgIpc) is 3.35. The molecule has 1 fully saturated rings. The highest BCUT2D eigenvalue weighted by atomic mass is 16.5. The zero-order chi connectivity index (χ0) is 22.3. The number of nitrogens with zero attached hydrogens (tertiary/aromatic N) is 2. The van der Waals surface area contributed by atoms with Crippen LogP contribution in [0.1, 0.15) is 62.4 Å². The minimum absolute atomic E-state index is 0.0868. The summed E-state index contributed by atoms with van der Waals surface area (Å²) in [4.78, 5) is 17.1. The Balaban J connectivity index is 1.95. The van der Waals surface area contributed by atoms with Gasteiger partial charge >= 0.3 is 0 Å². The van der Waals surface area contributed by atoms with Gasteiger partial charge in [0.1, 0.15) is 11.4 Å². The molecule has 5 nitrogen and oxygen atoms in total. The van der Waals surface area contributed by atoms with E-state index in [4.69, 9.17) is 4.74 Å². The van der Waals surface area contributed by atoms with Gasteiger partial charge in [-0.2, -0.15) is 0 Å². The molecule has 1 unspecified atom stereocenters. The van der Waals surface area contributed by atoms with Crippen molar-refractivity contribution in [2.45, 2.75) is 52.1 Å². The number of methoxy groups -OCH3 is 1. The summed E-state index contributed by atoms with van der Waals surface area (Å²) in [6.07, 6.45) is 4.47. The van der Waals surface area contributed by atoms with Gasteiger partial charge in [0.05, 0.1) is 7.11 Å². The molecule has 0 aromatic heterocycles. The summed E-state index contributed by atoms with van der Waals surface area (Å²) >= 11 is 0. The number of rotatable bonds is 10. The van der Waals surface area contributed by atoms with Gasteiger partial charge < -0.3 is 15.0 Å². The van der Waals surface area contributed by atoms with Gasteiger partial charge in [0, 0.05) is 37.4 Å². The summed E-state index contributed by atoms with van der Waals surface area (Å²) in [6.45, 7) is 9.85. The number of nitrogens with one attached hydrogen (secondary N) is 1. The number of likely N-dealkylation sites (tertiary alicyclic amines) is 1. The number of ether oxygens (including phenoxy) is 1.